The second-order valence-corrected chi connectivity index (χ2v) is 12.7. The van der Waals surface area contributed by atoms with Crippen molar-refractivity contribution in [3.8, 4) is 22.8 Å². The van der Waals surface area contributed by atoms with Crippen molar-refractivity contribution < 1.29 is 17.4 Å². The molecule has 3 aromatic heterocycles. The second-order valence-electron chi connectivity index (χ2n) is 10.4. The van der Waals surface area contributed by atoms with Gasteiger partial charge in [-0.3, -0.25) is 9.76 Å². The van der Waals surface area contributed by atoms with Gasteiger partial charge >= 0.3 is 0 Å². The summed E-state index contributed by atoms with van der Waals surface area (Å²) >= 11 is 0. The molecule has 1 aromatic carbocycles. The van der Waals surface area contributed by atoms with Crippen molar-refractivity contribution in [3.05, 3.63) is 77.2 Å². The van der Waals surface area contributed by atoms with Gasteiger partial charge in [0.1, 0.15) is 23.6 Å². The van der Waals surface area contributed by atoms with Crippen LogP contribution in [0.3, 0.4) is 0 Å². The summed E-state index contributed by atoms with van der Waals surface area (Å²) in [5.74, 6) is -1.05. The zero-order valence-corrected chi connectivity index (χ0v) is 21.3. The van der Waals surface area contributed by atoms with E-state index in [-0.39, 0.29) is 34.2 Å². The highest BCUT2D eigenvalue weighted by molar-refractivity contribution is 7.90. The van der Waals surface area contributed by atoms with Crippen molar-refractivity contribution in [1.82, 2.24) is 25.1 Å². The molecule has 8 nitrogen and oxygen atoms in total. The van der Waals surface area contributed by atoms with E-state index >= 15 is 0 Å². The molecule has 2 aliphatic carbocycles. The van der Waals surface area contributed by atoms with E-state index in [1.165, 1.54) is 30.7 Å². The van der Waals surface area contributed by atoms with E-state index in [2.05, 4.69) is 34.0 Å². The summed E-state index contributed by atoms with van der Waals surface area (Å²) in [7, 11) is -2.77. The third-order valence-corrected chi connectivity index (χ3v) is 8.71. The van der Waals surface area contributed by atoms with Gasteiger partial charge in [0.05, 0.1) is 45.7 Å². The fraction of sp³-hybridized carbons (Fsp3) is 0.346. The fourth-order valence-electron chi connectivity index (χ4n) is 6.20. The zero-order valence-electron chi connectivity index (χ0n) is 20.5. The van der Waals surface area contributed by atoms with Gasteiger partial charge in [-0.15, -0.1) is 5.10 Å². The molecule has 0 amide bonds. The van der Waals surface area contributed by atoms with E-state index in [9.17, 15) is 13.0 Å². The maximum atomic E-state index is 14.5. The summed E-state index contributed by atoms with van der Waals surface area (Å²) in [5.41, 5.74) is 2.24. The largest absolute Gasteiger partial charge is 0.443 e. The van der Waals surface area contributed by atoms with Crippen molar-refractivity contribution in [3.63, 3.8) is 0 Å². The number of hydrogen-bond donors (Lipinski definition) is 1. The Balaban J connectivity index is 1.45. The number of fused-ring (bicyclic) bond motifs is 5. The smallest absolute Gasteiger partial charge is 0.246 e. The summed E-state index contributed by atoms with van der Waals surface area (Å²) < 4.78 is 54.1. The van der Waals surface area contributed by atoms with E-state index in [1.54, 1.807) is 18.5 Å². The first-order chi connectivity index (χ1) is 17.5. The van der Waals surface area contributed by atoms with Gasteiger partial charge in [0.15, 0.2) is 0 Å². The van der Waals surface area contributed by atoms with Gasteiger partial charge in [0, 0.05) is 22.2 Å². The first kappa shape index (κ1) is 23.8. The van der Waals surface area contributed by atoms with Gasteiger partial charge in [0.2, 0.25) is 5.89 Å². The minimum Gasteiger partial charge on any atom is -0.443 e. The molecule has 0 spiro atoms. The molecular formula is C26H24F2N6O2S. The first-order valence-electron chi connectivity index (χ1n) is 11.8. The lowest BCUT2D eigenvalue weighted by atomic mass is 9.66. The summed E-state index contributed by atoms with van der Waals surface area (Å²) in [4.78, 5) is 13.7. The molecule has 1 saturated carbocycles. The van der Waals surface area contributed by atoms with E-state index in [0.717, 1.165) is 24.1 Å². The van der Waals surface area contributed by atoms with Crippen molar-refractivity contribution in [2.75, 3.05) is 6.26 Å². The van der Waals surface area contributed by atoms with Crippen LogP contribution in [0.2, 0.25) is 0 Å². The van der Waals surface area contributed by atoms with Gasteiger partial charge < -0.3 is 4.42 Å². The predicted octanol–water partition coefficient (Wildman–Crippen LogP) is 5.25. The van der Waals surface area contributed by atoms with Gasteiger partial charge in [-0.05, 0) is 47.9 Å². The van der Waals surface area contributed by atoms with Crippen LogP contribution in [0.1, 0.15) is 55.3 Å². The van der Waals surface area contributed by atoms with E-state index < -0.39 is 26.8 Å². The van der Waals surface area contributed by atoms with E-state index in [1.807, 2.05) is 0 Å². The van der Waals surface area contributed by atoms with Gasteiger partial charge in [-0.25, -0.2) is 23.0 Å². The maximum Gasteiger partial charge on any atom is 0.246 e. The number of oxazole rings is 1. The molecular weight excluding hydrogens is 498 g/mol. The normalized spacial score (nSPS) is 23.1. The lowest BCUT2D eigenvalue weighted by Gasteiger charge is -2.37. The second kappa shape index (κ2) is 7.95. The average Bonchev–Trinajstić information content (AvgIpc) is 3.45. The molecule has 2 aliphatic rings. The van der Waals surface area contributed by atoms with E-state index in [0.29, 0.717) is 17.1 Å². The number of rotatable bonds is 5. The molecule has 2 bridgehead atoms. The summed E-state index contributed by atoms with van der Waals surface area (Å²) in [6, 6.07) is 5.51. The van der Waals surface area contributed by atoms with Gasteiger partial charge in [-0.2, -0.15) is 5.10 Å². The number of hydrogen-bond acceptors (Lipinski definition) is 8. The van der Waals surface area contributed by atoms with E-state index in [4.69, 9.17) is 14.2 Å². The molecule has 11 heteroatoms. The summed E-state index contributed by atoms with van der Waals surface area (Å²) in [6.45, 7) is 4.30. The molecule has 6 rings (SSSR count). The molecule has 4 aromatic rings. The Morgan fingerprint density at radius 1 is 1.14 bits per heavy atom. The van der Waals surface area contributed by atoms with Crippen LogP contribution in [0.4, 0.5) is 8.78 Å². The minimum atomic E-state index is -2.77. The molecule has 37 heavy (non-hydrogen) atoms. The standard InChI is InChI=1S/C26H24F2N6O2S/c1-25(2)16-7-8-26(25,23-15(16)9-19(33-34-23)22-17(27)5-4-6-18(22)28)21-11-30-10-20(32-21)24-31-14(12-36-24)13-37(3,29)35/h4-6,9-12,16,29H,7-8,13H2,1-3H3/t16-,26-,37-/m0/s1. The Morgan fingerprint density at radius 2 is 1.89 bits per heavy atom. The number of aromatic nitrogens is 5. The molecule has 0 unspecified atom stereocenters. The number of halogens is 2. The van der Waals surface area contributed by atoms with Crippen LogP contribution in [-0.2, 0) is 20.9 Å². The summed E-state index contributed by atoms with van der Waals surface area (Å²) in [6.07, 6.45) is 7.62. The Hall–Kier alpha value is -3.60. The highest BCUT2D eigenvalue weighted by Gasteiger charge is 2.65. The number of nitrogens with zero attached hydrogens (tertiary/aromatic N) is 5. The zero-order chi connectivity index (χ0) is 26.2. The molecule has 3 atom stereocenters. The number of nitrogens with one attached hydrogen (secondary N) is 1. The first-order valence-corrected chi connectivity index (χ1v) is 14.0. The molecule has 3 heterocycles. The third kappa shape index (κ3) is 3.51. The highest BCUT2D eigenvalue weighted by Crippen LogP contribution is 2.69. The van der Waals surface area contributed by atoms with Crippen LogP contribution in [0.5, 0.6) is 0 Å². The van der Waals surface area contributed by atoms with Crippen LogP contribution in [0, 0.1) is 21.8 Å². The highest BCUT2D eigenvalue weighted by atomic mass is 32.2. The molecule has 190 valence electrons. The Labute approximate surface area is 212 Å². The summed E-state index contributed by atoms with van der Waals surface area (Å²) in [5, 5.41) is 8.81. The minimum absolute atomic E-state index is 0.0177. The Kier molecular flexibility index (Phi) is 5.11. The van der Waals surface area contributed by atoms with Crippen LogP contribution < -0.4 is 0 Å². The van der Waals surface area contributed by atoms with Crippen molar-refractivity contribution >= 4 is 9.73 Å². The lowest BCUT2D eigenvalue weighted by molar-refractivity contribution is 0.242. The Bertz CT molecular complexity index is 1650. The third-order valence-electron chi connectivity index (χ3n) is 7.87. The average molecular weight is 523 g/mol. The molecule has 0 saturated heterocycles. The van der Waals surface area contributed by atoms with Crippen molar-refractivity contribution in [1.29, 1.82) is 4.78 Å². The lowest BCUT2D eigenvalue weighted by Crippen LogP contribution is -2.38. The van der Waals surface area contributed by atoms with Crippen LogP contribution in [0.25, 0.3) is 22.8 Å². The van der Waals surface area contributed by atoms with Crippen LogP contribution in [0.15, 0.2) is 47.3 Å². The predicted molar refractivity (Wildman–Crippen MR) is 132 cm³/mol. The maximum absolute atomic E-state index is 14.5. The van der Waals surface area contributed by atoms with Crippen LogP contribution >= 0.6 is 0 Å². The topological polar surface area (TPSA) is 119 Å². The molecule has 0 aliphatic heterocycles. The molecule has 0 radical (unpaired) electrons. The Morgan fingerprint density at radius 3 is 2.62 bits per heavy atom. The van der Waals surface area contributed by atoms with Crippen molar-refractivity contribution in [2.24, 2.45) is 5.41 Å². The van der Waals surface area contributed by atoms with Gasteiger partial charge in [0.25, 0.3) is 0 Å². The molecule has 1 N–H and O–H groups in total. The van der Waals surface area contributed by atoms with Gasteiger partial charge in [-0.1, -0.05) is 19.9 Å². The number of benzene rings is 1. The quantitative estimate of drug-likeness (QED) is 0.380. The monoisotopic (exact) mass is 522 g/mol. The van der Waals surface area contributed by atoms with Crippen molar-refractivity contribution in [2.45, 2.75) is 43.8 Å². The van der Waals surface area contributed by atoms with Crippen LogP contribution in [-0.4, -0.2) is 35.6 Å². The molecule has 1 fully saturated rings. The fourth-order valence-corrected chi connectivity index (χ4v) is 6.90. The SMILES string of the molecule is CC1(C)[C@H]2CC[C@]1(c1cncc(-c3nc(C[S@@](C)(=N)=O)co3)n1)c1nnc(-c3c(F)cccc3F)cc12.